The number of benzene rings is 1. The molecule has 0 saturated carbocycles. The zero-order chi connectivity index (χ0) is 9.10. The minimum absolute atomic E-state index is 0.376. The van der Waals surface area contributed by atoms with Gasteiger partial charge in [0.1, 0.15) is 0 Å². The zero-order valence-corrected chi connectivity index (χ0v) is 7.07. The van der Waals surface area contributed by atoms with Crippen molar-refractivity contribution in [3.05, 3.63) is 42.2 Å². The Morgan fingerprint density at radius 2 is 2.08 bits per heavy atom. The summed E-state index contributed by atoms with van der Waals surface area (Å²) in [5, 5.41) is 10.8. The number of hydrogen-bond acceptors (Lipinski definition) is 3. The van der Waals surface area contributed by atoms with Gasteiger partial charge < -0.3 is 5.21 Å². The third kappa shape index (κ3) is 1.52. The highest BCUT2D eigenvalue weighted by Crippen LogP contribution is 2.15. The molecule has 66 valence electrons. The molecular formula is C10H10N2O. The quantitative estimate of drug-likeness (QED) is 0.681. The average molecular weight is 174 g/mol. The lowest BCUT2D eigenvalue weighted by Crippen LogP contribution is -2.07. The zero-order valence-electron chi connectivity index (χ0n) is 7.07. The van der Waals surface area contributed by atoms with Gasteiger partial charge in [-0.3, -0.25) is 4.98 Å². The standard InChI is InChI=1S/C10H10N2O/c13-12-7-10-9-4-2-1-3-8(9)5-6-11-10/h1-6,12-13H,7H2. The first-order valence-electron chi connectivity index (χ1n) is 4.11. The lowest BCUT2D eigenvalue weighted by Gasteiger charge is -2.02. The Morgan fingerprint density at radius 3 is 2.92 bits per heavy atom. The number of hydrogen-bond donors (Lipinski definition) is 2. The van der Waals surface area contributed by atoms with Crippen LogP contribution in [0.25, 0.3) is 10.8 Å². The number of fused-ring (bicyclic) bond motifs is 1. The molecule has 0 atom stereocenters. The number of rotatable bonds is 2. The molecule has 0 unspecified atom stereocenters. The summed E-state index contributed by atoms with van der Waals surface area (Å²) < 4.78 is 0. The molecule has 1 aromatic carbocycles. The molecule has 2 aromatic rings. The Bertz CT molecular complexity index is 409. The number of nitrogens with zero attached hydrogens (tertiary/aromatic N) is 1. The summed E-state index contributed by atoms with van der Waals surface area (Å²) in [5.74, 6) is 0. The molecule has 13 heavy (non-hydrogen) atoms. The van der Waals surface area contributed by atoms with E-state index in [-0.39, 0.29) is 0 Å². The van der Waals surface area contributed by atoms with E-state index in [0.29, 0.717) is 6.54 Å². The molecule has 3 nitrogen and oxygen atoms in total. The molecule has 0 amide bonds. The Morgan fingerprint density at radius 1 is 1.23 bits per heavy atom. The van der Waals surface area contributed by atoms with Gasteiger partial charge in [0, 0.05) is 11.6 Å². The van der Waals surface area contributed by atoms with Gasteiger partial charge in [0.15, 0.2) is 0 Å². The molecule has 0 bridgehead atoms. The normalized spacial score (nSPS) is 10.5. The van der Waals surface area contributed by atoms with Crippen molar-refractivity contribution in [3.8, 4) is 0 Å². The van der Waals surface area contributed by atoms with Crippen LogP contribution in [-0.2, 0) is 6.54 Å². The number of pyridine rings is 1. The topological polar surface area (TPSA) is 45.1 Å². The molecule has 1 aromatic heterocycles. The first kappa shape index (κ1) is 8.16. The number of hydroxylamine groups is 1. The molecular weight excluding hydrogens is 164 g/mol. The van der Waals surface area contributed by atoms with Crippen molar-refractivity contribution in [1.29, 1.82) is 0 Å². The minimum Gasteiger partial charge on any atom is -0.316 e. The maximum absolute atomic E-state index is 8.59. The van der Waals surface area contributed by atoms with Gasteiger partial charge in [-0.15, -0.1) is 0 Å². The Kier molecular flexibility index (Phi) is 2.21. The van der Waals surface area contributed by atoms with Crippen LogP contribution in [0.3, 0.4) is 0 Å². The van der Waals surface area contributed by atoms with Crippen molar-refractivity contribution >= 4 is 10.8 Å². The largest absolute Gasteiger partial charge is 0.316 e. The van der Waals surface area contributed by atoms with Gasteiger partial charge in [-0.2, -0.15) is 5.48 Å². The van der Waals surface area contributed by atoms with Gasteiger partial charge in [0.25, 0.3) is 0 Å². The van der Waals surface area contributed by atoms with Crippen molar-refractivity contribution < 1.29 is 5.21 Å². The third-order valence-corrected chi connectivity index (χ3v) is 2.00. The van der Waals surface area contributed by atoms with Gasteiger partial charge in [-0.05, 0) is 11.5 Å². The number of nitrogens with one attached hydrogen (secondary N) is 1. The van der Waals surface area contributed by atoms with Gasteiger partial charge in [0.2, 0.25) is 0 Å². The van der Waals surface area contributed by atoms with Gasteiger partial charge >= 0.3 is 0 Å². The lowest BCUT2D eigenvalue weighted by atomic mass is 10.1. The first-order valence-corrected chi connectivity index (χ1v) is 4.11. The summed E-state index contributed by atoms with van der Waals surface area (Å²) in [6.45, 7) is 0.376. The van der Waals surface area contributed by atoms with Crippen molar-refractivity contribution in [1.82, 2.24) is 10.5 Å². The number of aromatic nitrogens is 1. The lowest BCUT2D eigenvalue weighted by molar-refractivity contribution is 0.160. The van der Waals surface area contributed by atoms with Crippen molar-refractivity contribution in [2.24, 2.45) is 0 Å². The van der Waals surface area contributed by atoms with Crippen LogP contribution in [0, 0.1) is 0 Å². The van der Waals surface area contributed by atoms with Crippen LogP contribution in [-0.4, -0.2) is 10.2 Å². The van der Waals surface area contributed by atoms with E-state index in [0.717, 1.165) is 16.5 Å². The molecule has 0 fully saturated rings. The van der Waals surface area contributed by atoms with Crippen molar-refractivity contribution in [2.45, 2.75) is 6.54 Å². The Labute approximate surface area is 76.0 Å². The van der Waals surface area contributed by atoms with Gasteiger partial charge in [-0.1, -0.05) is 24.3 Å². The molecule has 0 aliphatic carbocycles. The molecule has 3 heteroatoms. The molecule has 0 spiro atoms. The van der Waals surface area contributed by atoms with Crippen LogP contribution in [0.4, 0.5) is 0 Å². The summed E-state index contributed by atoms with van der Waals surface area (Å²) in [4.78, 5) is 4.17. The average Bonchev–Trinajstić information content (AvgIpc) is 2.19. The second-order valence-corrected chi connectivity index (χ2v) is 2.81. The third-order valence-electron chi connectivity index (χ3n) is 2.00. The van der Waals surface area contributed by atoms with E-state index in [1.165, 1.54) is 0 Å². The van der Waals surface area contributed by atoms with E-state index in [2.05, 4.69) is 10.5 Å². The smallest absolute Gasteiger partial charge is 0.0643 e. The summed E-state index contributed by atoms with van der Waals surface area (Å²) in [5.41, 5.74) is 2.98. The van der Waals surface area contributed by atoms with Crippen LogP contribution >= 0.6 is 0 Å². The minimum atomic E-state index is 0.376. The summed E-state index contributed by atoms with van der Waals surface area (Å²) >= 11 is 0. The van der Waals surface area contributed by atoms with Crippen LogP contribution in [0.5, 0.6) is 0 Å². The second kappa shape index (κ2) is 3.51. The molecule has 0 aliphatic rings. The molecule has 0 saturated heterocycles. The Hall–Kier alpha value is -1.45. The highest BCUT2D eigenvalue weighted by Gasteiger charge is 1.99. The van der Waals surface area contributed by atoms with Crippen LogP contribution in [0.1, 0.15) is 5.69 Å². The predicted octanol–water partition coefficient (Wildman–Crippen LogP) is 1.71. The van der Waals surface area contributed by atoms with Crippen LogP contribution < -0.4 is 5.48 Å². The fraction of sp³-hybridized carbons (Fsp3) is 0.100. The fourth-order valence-corrected chi connectivity index (χ4v) is 1.40. The highest BCUT2D eigenvalue weighted by atomic mass is 16.5. The van der Waals surface area contributed by atoms with E-state index in [4.69, 9.17) is 5.21 Å². The van der Waals surface area contributed by atoms with Crippen molar-refractivity contribution in [2.75, 3.05) is 0 Å². The molecule has 2 N–H and O–H groups in total. The van der Waals surface area contributed by atoms with E-state index in [1.54, 1.807) is 6.20 Å². The second-order valence-electron chi connectivity index (χ2n) is 2.81. The fourth-order valence-electron chi connectivity index (χ4n) is 1.40. The SMILES string of the molecule is ONCc1nccc2ccccc12. The maximum Gasteiger partial charge on any atom is 0.0643 e. The molecule has 2 rings (SSSR count). The van der Waals surface area contributed by atoms with Crippen LogP contribution in [0.15, 0.2) is 36.5 Å². The van der Waals surface area contributed by atoms with Gasteiger partial charge in [-0.25, -0.2) is 0 Å². The van der Waals surface area contributed by atoms with E-state index in [1.807, 2.05) is 30.3 Å². The van der Waals surface area contributed by atoms with Crippen molar-refractivity contribution in [3.63, 3.8) is 0 Å². The first-order chi connectivity index (χ1) is 6.42. The molecule has 0 aliphatic heterocycles. The summed E-state index contributed by atoms with van der Waals surface area (Å²) in [6.07, 6.45) is 1.75. The summed E-state index contributed by atoms with van der Waals surface area (Å²) in [6, 6.07) is 9.92. The monoisotopic (exact) mass is 174 g/mol. The highest BCUT2D eigenvalue weighted by molar-refractivity contribution is 5.84. The van der Waals surface area contributed by atoms with E-state index in [9.17, 15) is 0 Å². The van der Waals surface area contributed by atoms with Gasteiger partial charge in [0.05, 0.1) is 12.2 Å². The Balaban J connectivity index is 2.61. The summed E-state index contributed by atoms with van der Waals surface area (Å²) in [7, 11) is 0. The molecule has 0 radical (unpaired) electrons. The van der Waals surface area contributed by atoms with E-state index >= 15 is 0 Å². The van der Waals surface area contributed by atoms with Crippen LogP contribution in [0.2, 0.25) is 0 Å². The predicted molar refractivity (Wildman–Crippen MR) is 50.4 cm³/mol. The van der Waals surface area contributed by atoms with E-state index < -0.39 is 0 Å². The maximum atomic E-state index is 8.59. The molecule has 1 heterocycles.